The van der Waals surface area contributed by atoms with Gasteiger partial charge in [-0.1, -0.05) is 12.1 Å². The van der Waals surface area contributed by atoms with E-state index in [2.05, 4.69) is 23.5 Å². The van der Waals surface area contributed by atoms with Crippen molar-refractivity contribution in [2.75, 3.05) is 19.7 Å². The van der Waals surface area contributed by atoms with E-state index in [4.69, 9.17) is 10.5 Å². The van der Waals surface area contributed by atoms with Gasteiger partial charge in [0.15, 0.2) is 0 Å². The van der Waals surface area contributed by atoms with Crippen LogP contribution in [0.15, 0.2) is 18.2 Å². The third-order valence-corrected chi connectivity index (χ3v) is 3.97. The van der Waals surface area contributed by atoms with Crippen LogP contribution in [0.5, 0.6) is 5.75 Å². The number of nitrogens with one attached hydrogen (secondary N) is 1. The Morgan fingerprint density at radius 2 is 2.24 bits per heavy atom. The second kappa shape index (κ2) is 4.31. The monoisotopic (exact) mass is 232 g/mol. The molecule has 1 fully saturated rings. The Kier molecular flexibility index (Phi) is 2.81. The Balaban J connectivity index is 1.55. The first kappa shape index (κ1) is 11.1. The second-order valence-corrected chi connectivity index (χ2v) is 5.35. The summed E-state index contributed by atoms with van der Waals surface area (Å²) >= 11 is 0. The number of rotatable bonds is 5. The van der Waals surface area contributed by atoms with Crippen LogP contribution in [0.3, 0.4) is 0 Å². The summed E-state index contributed by atoms with van der Waals surface area (Å²) in [7, 11) is 0. The Labute approximate surface area is 102 Å². The third kappa shape index (κ3) is 2.31. The second-order valence-electron chi connectivity index (χ2n) is 5.35. The molecule has 1 heterocycles. The van der Waals surface area contributed by atoms with Crippen molar-refractivity contribution in [2.45, 2.75) is 25.8 Å². The van der Waals surface area contributed by atoms with Crippen molar-refractivity contribution in [3.05, 3.63) is 29.3 Å². The van der Waals surface area contributed by atoms with Gasteiger partial charge < -0.3 is 15.8 Å². The first-order chi connectivity index (χ1) is 8.31. The maximum absolute atomic E-state index is 5.77. The van der Waals surface area contributed by atoms with Crippen molar-refractivity contribution in [3.63, 3.8) is 0 Å². The minimum Gasteiger partial charge on any atom is -0.493 e. The Morgan fingerprint density at radius 3 is 3.00 bits per heavy atom. The highest BCUT2D eigenvalue weighted by Crippen LogP contribution is 2.43. The van der Waals surface area contributed by atoms with Gasteiger partial charge in [0.2, 0.25) is 0 Å². The van der Waals surface area contributed by atoms with Crippen LogP contribution in [-0.2, 0) is 13.0 Å². The van der Waals surface area contributed by atoms with Gasteiger partial charge >= 0.3 is 0 Å². The molecule has 0 spiro atoms. The molecule has 2 aliphatic rings. The molecular weight excluding hydrogens is 212 g/mol. The number of nitrogens with two attached hydrogens (primary N) is 1. The minimum atomic E-state index is 0.417. The van der Waals surface area contributed by atoms with Gasteiger partial charge in [0.25, 0.3) is 0 Å². The fourth-order valence-corrected chi connectivity index (χ4v) is 2.45. The quantitative estimate of drug-likeness (QED) is 0.808. The summed E-state index contributed by atoms with van der Waals surface area (Å²) in [5.74, 6) is 1.06. The van der Waals surface area contributed by atoms with Gasteiger partial charge in [0.05, 0.1) is 6.61 Å². The summed E-state index contributed by atoms with van der Waals surface area (Å²) < 4.78 is 5.50. The van der Waals surface area contributed by atoms with Crippen molar-refractivity contribution in [1.82, 2.24) is 5.32 Å². The van der Waals surface area contributed by atoms with Gasteiger partial charge in [0, 0.05) is 19.5 Å². The van der Waals surface area contributed by atoms with E-state index in [1.807, 2.05) is 0 Å². The van der Waals surface area contributed by atoms with Crippen LogP contribution >= 0.6 is 0 Å². The summed E-state index contributed by atoms with van der Waals surface area (Å²) in [5, 5.41) is 3.53. The highest BCUT2D eigenvalue weighted by Gasteiger charge is 2.40. The van der Waals surface area contributed by atoms with Crippen molar-refractivity contribution in [3.8, 4) is 5.75 Å². The van der Waals surface area contributed by atoms with Gasteiger partial charge in [-0.25, -0.2) is 0 Å². The van der Waals surface area contributed by atoms with Crippen LogP contribution < -0.4 is 15.8 Å². The fraction of sp³-hybridized carbons (Fsp3) is 0.571. The largest absolute Gasteiger partial charge is 0.493 e. The lowest BCUT2D eigenvalue weighted by Crippen LogP contribution is -2.29. The van der Waals surface area contributed by atoms with E-state index in [-0.39, 0.29) is 0 Å². The van der Waals surface area contributed by atoms with Crippen LogP contribution in [-0.4, -0.2) is 19.7 Å². The Bertz CT molecular complexity index is 413. The molecule has 17 heavy (non-hydrogen) atoms. The molecule has 3 N–H and O–H groups in total. The van der Waals surface area contributed by atoms with Gasteiger partial charge in [-0.3, -0.25) is 0 Å². The number of fused-ring (bicyclic) bond motifs is 1. The molecule has 0 unspecified atom stereocenters. The van der Waals surface area contributed by atoms with E-state index in [9.17, 15) is 0 Å². The molecular formula is C14H20N2O. The van der Waals surface area contributed by atoms with E-state index in [1.54, 1.807) is 0 Å². The molecule has 3 heteroatoms. The standard InChI is InChI=1S/C14H20N2O/c15-9-14(4-5-14)10-16-8-11-1-2-13-12(7-11)3-6-17-13/h1-2,7,16H,3-6,8-10,15H2. The summed E-state index contributed by atoms with van der Waals surface area (Å²) in [5.41, 5.74) is 8.88. The van der Waals surface area contributed by atoms with Gasteiger partial charge in [-0.2, -0.15) is 0 Å². The molecule has 0 aromatic heterocycles. The lowest BCUT2D eigenvalue weighted by atomic mass is 10.1. The van der Waals surface area contributed by atoms with Gasteiger partial charge in [0.1, 0.15) is 5.75 Å². The molecule has 3 nitrogen and oxygen atoms in total. The average Bonchev–Trinajstić information content (AvgIpc) is 2.98. The van der Waals surface area contributed by atoms with Crippen molar-refractivity contribution < 1.29 is 4.74 Å². The van der Waals surface area contributed by atoms with E-state index < -0.39 is 0 Å². The number of hydrogen-bond donors (Lipinski definition) is 2. The molecule has 0 bridgehead atoms. The molecule has 0 radical (unpaired) electrons. The third-order valence-electron chi connectivity index (χ3n) is 3.97. The van der Waals surface area contributed by atoms with Crippen molar-refractivity contribution in [2.24, 2.45) is 11.1 Å². The smallest absolute Gasteiger partial charge is 0.122 e. The van der Waals surface area contributed by atoms with Crippen LogP contribution in [0.2, 0.25) is 0 Å². The van der Waals surface area contributed by atoms with Gasteiger partial charge in [-0.15, -0.1) is 0 Å². The lowest BCUT2D eigenvalue weighted by molar-refractivity contribution is 0.357. The highest BCUT2D eigenvalue weighted by atomic mass is 16.5. The van der Waals surface area contributed by atoms with E-state index in [0.717, 1.165) is 38.4 Å². The average molecular weight is 232 g/mol. The van der Waals surface area contributed by atoms with E-state index in [1.165, 1.54) is 24.0 Å². The predicted octanol–water partition coefficient (Wildman–Crippen LogP) is 1.45. The van der Waals surface area contributed by atoms with Gasteiger partial charge in [-0.05, 0) is 42.0 Å². The molecule has 92 valence electrons. The zero-order chi connectivity index (χ0) is 11.7. The Hall–Kier alpha value is -1.06. The summed E-state index contributed by atoms with van der Waals surface area (Å²) in [6.45, 7) is 3.65. The summed E-state index contributed by atoms with van der Waals surface area (Å²) in [6.07, 6.45) is 3.62. The molecule has 0 amide bonds. The van der Waals surface area contributed by atoms with Crippen LogP contribution in [0.25, 0.3) is 0 Å². The molecule has 1 saturated carbocycles. The van der Waals surface area contributed by atoms with E-state index in [0.29, 0.717) is 5.41 Å². The molecule has 0 atom stereocenters. The minimum absolute atomic E-state index is 0.417. The van der Waals surface area contributed by atoms with Crippen LogP contribution in [0.1, 0.15) is 24.0 Å². The summed E-state index contributed by atoms with van der Waals surface area (Å²) in [4.78, 5) is 0. The molecule has 1 aliphatic carbocycles. The fourth-order valence-electron chi connectivity index (χ4n) is 2.45. The molecule has 1 aromatic rings. The van der Waals surface area contributed by atoms with Crippen LogP contribution in [0, 0.1) is 5.41 Å². The Morgan fingerprint density at radius 1 is 1.35 bits per heavy atom. The predicted molar refractivity (Wildman–Crippen MR) is 68.1 cm³/mol. The normalized spacial score (nSPS) is 19.8. The van der Waals surface area contributed by atoms with Crippen LogP contribution in [0.4, 0.5) is 0 Å². The lowest BCUT2D eigenvalue weighted by Gasteiger charge is -2.13. The maximum Gasteiger partial charge on any atom is 0.122 e. The highest BCUT2D eigenvalue weighted by molar-refractivity contribution is 5.39. The first-order valence-electron chi connectivity index (χ1n) is 6.47. The maximum atomic E-state index is 5.77. The molecule has 1 aliphatic heterocycles. The topological polar surface area (TPSA) is 47.3 Å². The van der Waals surface area contributed by atoms with Crippen molar-refractivity contribution >= 4 is 0 Å². The molecule has 1 aromatic carbocycles. The zero-order valence-electron chi connectivity index (χ0n) is 10.2. The SMILES string of the molecule is NCC1(CNCc2ccc3c(c2)CCO3)CC1. The summed E-state index contributed by atoms with van der Waals surface area (Å²) in [6, 6.07) is 6.51. The number of benzene rings is 1. The molecule has 0 saturated heterocycles. The first-order valence-corrected chi connectivity index (χ1v) is 6.47. The molecule has 3 rings (SSSR count). The zero-order valence-corrected chi connectivity index (χ0v) is 10.2. The number of ether oxygens (including phenoxy) is 1. The number of hydrogen-bond acceptors (Lipinski definition) is 3. The van der Waals surface area contributed by atoms with E-state index >= 15 is 0 Å². The van der Waals surface area contributed by atoms with Crippen molar-refractivity contribution in [1.29, 1.82) is 0 Å².